The second-order valence-electron chi connectivity index (χ2n) is 5.38. The smallest absolute Gasteiger partial charge is 1.00 e. The minimum absolute atomic E-state index is 0. The first-order valence-electron chi connectivity index (χ1n) is 7.26. The molecule has 0 aliphatic heterocycles. The third-order valence-corrected chi connectivity index (χ3v) is 3.42. The largest absolute Gasteiger partial charge is 1.00 e. The van der Waals surface area contributed by atoms with E-state index in [-0.39, 0.29) is 14.9 Å². The number of hydrogen-bond donors (Lipinski definition) is 0. The maximum absolute atomic E-state index is 11.2. The molecule has 3 aromatic carbocycles. The van der Waals surface area contributed by atoms with Gasteiger partial charge in [0.15, 0.2) is 0 Å². The Morgan fingerprint density at radius 2 is 0.889 bits per heavy atom. The quantitative estimate of drug-likeness (QED) is 0.230. The van der Waals surface area contributed by atoms with Gasteiger partial charge in [-0.3, -0.25) is 0 Å². The van der Waals surface area contributed by atoms with E-state index in [9.17, 15) is 16.9 Å². The van der Waals surface area contributed by atoms with E-state index in [2.05, 4.69) is 60.7 Å². The van der Waals surface area contributed by atoms with Crippen molar-refractivity contribution in [2.45, 2.75) is 0 Å². The molecule has 9 heteroatoms. The van der Waals surface area contributed by atoms with Crippen LogP contribution in [0.4, 0.5) is 16.9 Å². The van der Waals surface area contributed by atoms with Gasteiger partial charge in [-0.25, -0.2) is 0 Å². The average Bonchev–Trinajstić information content (AvgIpc) is 2.54. The first kappa shape index (κ1) is 23.7. The molecule has 0 saturated heterocycles. The van der Waals surface area contributed by atoms with Crippen molar-refractivity contribution in [2.75, 3.05) is 0 Å². The molecule has 0 fully saturated rings. The molecule has 0 nitrogen and oxygen atoms in total. The standard InChI is InChI=1S/C18H13Cl.6FH.H2S.Sb/c19-16-12-10-15(11-13-16)18-9-5-4-8-17(18)14-6-2-1-3-7-14;;;;;;;;/h1-13H;6*1H;1H2;/q;;;;;;;;+5/p-5. The summed E-state index contributed by atoms with van der Waals surface area (Å²) in [5.41, 5.74) is 4.88. The molecular weight excluding hydrogens is 519 g/mol. The van der Waals surface area contributed by atoms with E-state index < -0.39 is 19.5 Å². The molecule has 148 valence electrons. The van der Waals surface area contributed by atoms with Crippen molar-refractivity contribution in [1.82, 2.24) is 0 Å². The molecule has 0 radical (unpaired) electrons. The normalized spacial score (nSPS) is 13.3. The fourth-order valence-electron chi connectivity index (χ4n) is 2.23. The van der Waals surface area contributed by atoms with E-state index in [0.717, 1.165) is 5.02 Å². The molecule has 3 aromatic rings. The van der Waals surface area contributed by atoms with Crippen molar-refractivity contribution < 1.29 is 18.3 Å². The van der Waals surface area contributed by atoms with Gasteiger partial charge in [-0.2, -0.15) is 13.5 Å². The second-order valence-corrected chi connectivity index (χ2v) is 11.3. The second kappa shape index (κ2) is 7.98. The van der Waals surface area contributed by atoms with E-state index in [1.54, 1.807) is 0 Å². The van der Waals surface area contributed by atoms with Crippen LogP contribution < -0.4 is 0 Å². The predicted octanol–water partition coefficient (Wildman–Crippen LogP) is 8.04. The number of benzene rings is 3. The zero-order valence-electron chi connectivity index (χ0n) is 14.6. The van der Waals surface area contributed by atoms with Gasteiger partial charge in [0.25, 0.3) is 0 Å². The van der Waals surface area contributed by atoms with Gasteiger partial charge in [0.1, 0.15) is 0 Å². The Hall–Kier alpha value is -1.30. The Morgan fingerprint density at radius 1 is 0.556 bits per heavy atom. The summed E-state index contributed by atoms with van der Waals surface area (Å²) < 4.78 is 59.6. The average molecular weight is 536 g/mol. The molecule has 27 heavy (non-hydrogen) atoms. The monoisotopic (exact) mass is 534 g/mol. The van der Waals surface area contributed by atoms with Crippen molar-refractivity contribution in [3.8, 4) is 22.3 Å². The van der Waals surface area contributed by atoms with E-state index in [1.807, 2.05) is 18.2 Å². The fourth-order valence-corrected chi connectivity index (χ4v) is 2.36. The van der Waals surface area contributed by atoms with Crippen LogP contribution in [0.1, 0.15) is 1.43 Å². The summed E-state index contributed by atoms with van der Waals surface area (Å²) in [6.45, 7) is 0. The van der Waals surface area contributed by atoms with Crippen LogP contribution in [-0.4, -0.2) is 19.5 Å². The molecule has 0 aliphatic rings. The Labute approximate surface area is 168 Å². The summed E-state index contributed by atoms with van der Waals surface area (Å²) in [6, 6.07) is 26.8. The van der Waals surface area contributed by atoms with Crippen LogP contribution in [0.2, 0.25) is 5.02 Å². The third-order valence-electron chi connectivity index (χ3n) is 3.17. The Balaban J connectivity index is 0.000000707. The molecule has 0 amide bonds. The van der Waals surface area contributed by atoms with Crippen LogP contribution in [0.3, 0.4) is 0 Å². The van der Waals surface area contributed by atoms with Gasteiger partial charge in [0, 0.05) is 5.02 Å². The summed E-state index contributed by atoms with van der Waals surface area (Å²) in [6.07, 6.45) is 0. The van der Waals surface area contributed by atoms with Crippen molar-refractivity contribution in [3.05, 3.63) is 83.9 Å². The van der Waals surface area contributed by atoms with E-state index in [1.165, 1.54) is 22.3 Å². The number of rotatable bonds is 2. The van der Waals surface area contributed by atoms with Gasteiger partial charge >= 0.3 is 37.8 Å². The summed E-state index contributed by atoms with van der Waals surface area (Å²) >= 11 is -5.29. The van der Waals surface area contributed by atoms with Crippen LogP contribution in [0.15, 0.2) is 78.9 Å². The van der Waals surface area contributed by atoms with E-state index in [0.29, 0.717) is 0 Å². The summed E-state index contributed by atoms with van der Waals surface area (Å²) in [5, 5.41) is 0.765. The SMILES string of the molecule is Clc1ccc(-c2ccccc2-c2ccccc2)cc1.S.[F][Sb-]([F])([F])([F])([F])[F].[H+]. The van der Waals surface area contributed by atoms with E-state index in [4.69, 9.17) is 11.6 Å². The van der Waals surface area contributed by atoms with E-state index >= 15 is 0 Å². The van der Waals surface area contributed by atoms with Gasteiger partial charge < -0.3 is 0 Å². The third kappa shape index (κ3) is 9.99. The Kier molecular flexibility index (Phi) is 7.01. The molecular formula is C18H16ClF6SSb. The summed E-state index contributed by atoms with van der Waals surface area (Å²) in [7, 11) is 0. The molecule has 0 heterocycles. The Bertz CT molecular complexity index is 876. The van der Waals surface area contributed by atoms with Gasteiger partial charge in [-0.05, 0) is 34.4 Å². The van der Waals surface area contributed by atoms with Crippen LogP contribution in [-0.2, 0) is 0 Å². The predicted molar refractivity (Wildman–Crippen MR) is 106 cm³/mol. The molecule has 0 unspecified atom stereocenters. The maximum Gasteiger partial charge on any atom is 1.00 e. The van der Waals surface area contributed by atoms with Crippen molar-refractivity contribution >= 4 is 44.6 Å². The van der Waals surface area contributed by atoms with Crippen LogP contribution in [0, 0.1) is 0 Å². The minimum atomic E-state index is -11.2. The van der Waals surface area contributed by atoms with Gasteiger partial charge in [0.2, 0.25) is 0 Å². The molecule has 3 rings (SSSR count). The van der Waals surface area contributed by atoms with Crippen molar-refractivity contribution in [1.29, 1.82) is 0 Å². The first-order chi connectivity index (χ1) is 11.8. The zero-order valence-corrected chi connectivity index (χ0v) is 17.9. The van der Waals surface area contributed by atoms with Crippen molar-refractivity contribution in [2.24, 2.45) is 0 Å². The van der Waals surface area contributed by atoms with Gasteiger partial charge in [0.05, 0.1) is 0 Å². The molecule has 0 saturated carbocycles. The maximum atomic E-state index is 9.93. The minimum Gasteiger partial charge on any atom is 1.00 e. The zero-order chi connectivity index (χ0) is 19.5. The van der Waals surface area contributed by atoms with Crippen LogP contribution in [0.5, 0.6) is 0 Å². The van der Waals surface area contributed by atoms with Crippen molar-refractivity contribution in [3.63, 3.8) is 0 Å². The first-order valence-corrected chi connectivity index (χ1v) is 13.4. The summed E-state index contributed by atoms with van der Waals surface area (Å²) in [5.74, 6) is 0. The topological polar surface area (TPSA) is 0 Å². The molecule has 0 N–H and O–H groups in total. The molecule has 0 aromatic heterocycles. The van der Waals surface area contributed by atoms with Gasteiger partial charge in [-0.15, -0.1) is 0 Å². The number of halogens is 7. The van der Waals surface area contributed by atoms with Crippen LogP contribution >= 0.6 is 25.1 Å². The Morgan fingerprint density at radius 3 is 1.30 bits per heavy atom. The summed E-state index contributed by atoms with van der Waals surface area (Å²) in [4.78, 5) is 0. The van der Waals surface area contributed by atoms with Crippen LogP contribution in [0.25, 0.3) is 22.3 Å². The number of hydrogen-bond acceptors (Lipinski definition) is 0. The molecule has 0 bridgehead atoms. The molecule has 0 spiro atoms. The molecule has 0 atom stereocenters. The fraction of sp³-hybridized carbons (Fsp3) is 0. The molecule has 0 aliphatic carbocycles. The van der Waals surface area contributed by atoms with Gasteiger partial charge in [-0.1, -0.05) is 78.3 Å².